The number of nitrogens with two attached hydrogens (primary N) is 1. The molecule has 0 saturated heterocycles. The van der Waals surface area contributed by atoms with Gasteiger partial charge in [-0.15, -0.1) is 0 Å². The van der Waals surface area contributed by atoms with Crippen LogP contribution >= 0.6 is 0 Å². The van der Waals surface area contributed by atoms with Gasteiger partial charge in [-0.1, -0.05) is 25.1 Å². The largest absolute Gasteiger partial charge is 0.483 e. The molecule has 0 aliphatic carbocycles. The summed E-state index contributed by atoms with van der Waals surface area (Å²) in [4.78, 5) is 11.8. The zero-order valence-electron chi connectivity index (χ0n) is 11.7. The lowest BCUT2D eigenvalue weighted by molar-refractivity contribution is -0.118. The van der Waals surface area contributed by atoms with Crippen LogP contribution in [-0.2, 0) is 11.2 Å². The van der Waals surface area contributed by atoms with Crippen molar-refractivity contribution in [2.24, 2.45) is 0 Å². The fourth-order valence-corrected chi connectivity index (χ4v) is 1.90. The molecule has 0 atom stereocenters. The van der Waals surface area contributed by atoms with Gasteiger partial charge in [-0.3, -0.25) is 4.79 Å². The van der Waals surface area contributed by atoms with Gasteiger partial charge in [0.05, 0.1) is 11.4 Å². The first-order valence-electron chi connectivity index (χ1n) is 6.65. The van der Waals surface area contributed by atoms with E-state index in [0.717, 1.165) is 12.0 Å². The van der Waals surface area contributed by atoms with E-state index in [1.807, 2.05) is 31.2 Å². The number of nitrogen functional groups attached to an aromatic ring is 1. The smallest absolute Gasteiger partial charge is 0.262 e. The first-order valence-corrected chi connectivity index (χ1v) is 6.65. The normalized spacial score (nSPS) is 10.2. The number of hydrogen-bond donors (Lipinski definition) is 2. The molecule has 0 fully saturated rings. The zero-order valence-corrected chi connectivity index (χ0v) is 11.7. The Kier molecular flexibility index (Phi) is 4.77. The van der Waals surface area contributed by atoms with E-state index in [-0.39, 0.29) is 12.3 Å². The summed E-state index contributed by atoms with van der Waals surface area (Å²) in [6, 6.07) is 11.3. The van der Waals surface area contributed by atoms with Crippen molar-refractivity contribution < 1.29 is 13.9 Å². The molecule has 110 valence electrons. The van der Waals surface area contributed by atoms with Crippen molar-refractivity contribution in [1.82, 2.24) is 0 Å². The Morgan fingerprint density at radius 2 is 2.05 bits per heavy atom. The number of ether oxygens (including phenoxy) is 1. The summed E-state index contributed by atoms with van der Waals surface area (Å²) in [5.41, 5.74) is 7.24. The minimum atomic E-state index is -0.461. The number of carbonyl (C=O) groups excluding carboxylic acids is 1. The molecule has 2 aromatic carbocycles. The van der Waals surface area contributed by atoms with Crippen LogP contribution in [-0.4, -0.2) is 12.5 Å². The molecule has 2 aromatic rings. The quantitative estimate of drug-likeness (QED) is 0.831. The van der Waals surface area contributed by atoms with Gasteiger partial charge in [0, 0.05) is 0 Å². The molecular weight excluding hydrogens is 271 g/mol. The van der Waals surface area contributed by atoms with Crippen molar-refractivity contribution in [3.05, 3.63) is 53.8 Å². The summed E-state index contributed by atoms with van der Waals surface area (Å²) >= 11 is 0. The molecule has 0 aliphatic rings. The van der Waals surface area contributed by atoms with Crippen LogP contribution in [0.1, 0.15) is 12.5 Å². The average molecular weight is 288 g/mol. The second-order valence-corrected chi connectivity index (χ2v) is 4.53. The molecular formula is C16H17FN2O2. The maximum Gasteiger partial charge on any atom is 0.262 e. The molecule has 5 heteroatoms. The van der Waals surface area contributed by atoms with Gasteiger partial charge in [-0.2, -0.15) is 0 Å². The number of nitrogens with one attached hydrogen (secondary N) is 1. The van der Waals surface area contributed by atoms with Crippen molar-refractivity contribution in [1.29, 1.82) is 0 Å². The van der Waals surface area contributed by atoms with E-state index in [1.165, 1.54) is 18.2 Å². The monoisotopic (exact) mass is 288 g/mol. The lowest BCUT2D eigenvalue weighted by atomic mass is 10.1. The van der Waals surface area contributed by atoms with Crippen molar-refractivity contribution in [3.8, 4) is 5.75 Å². The third kappa shape index (κ3) is 3.95. The third-order valence-electron chi connectivity index (χ3n) is 3.00. The summed E-state index contributed by atoms with van der Waals surface area (Å²) in [7, 11) is 0. The van der Waals surface area contributed by atoms with Crippen molar-refractivity contribution in [3.63, 3.8) is 0 Å². The minimum absolute atomic E-state index is 0.160. The second kappa shape index (κ2) is 6.74. The van der Waals surface area contributed by atoms with Crippen LogP contribution in [0.15, 0.2) is 42.5 Å². The standard InChI is InChI=1S/C16H17FN2O2/c1-2-11-5-3-4-6-15(11)21-10-16(20)19-14-9-12(17)7-8-13(14)18/h3-9H,2,10,18H2,1H3,(H,19,20). The average Bonchev–Trinajstić information content (AvgIpc) is 2.49. The predicted octanol–water partition coefficient (Wildman–Crippen LogP) is 2.99. The van der Waals surface area contributed by atoms with Crippen LogP contribution in [0.3, 0.4) is 0 Å². The number of anilines is 2. The van der Waals surface area contributed by atoms with E-state index in [4.69, 9.17) is 10.5 Å². The second-order valence-electron chi connectivity index (χ2n) is 4.53. The maximum atomic E-state index is 13.1. The number of halogens is 1. The van der Waals surface area contributed by atoms with Gasteiger partial charge in [0.2, 0.25) is 0 Å². The van der Waals surface area contributed by atoms with E-state index >= 15 is 0 Å². The number of para-hydroxylation sites is 1. The molecule has 3 N–H and O–H groups in total. The van der Waals surface area contributed by atoms with E-state index < -0.39 is 11.7 Å². The Labute approximate surface area is 122 Å². The number of benzene rings is 2. The highest BCUT2D eigenvalue weighted by molar-refractivity contribution is 5.94. The number of hydrogen-bond acceptors (Lipinski definition) is 3. The summed E-state index contributed by atoms with van der Waals surface area (Å²) < 4.78 is 18.6. The fraction of sp³-hybridized carbons (Fsp3) is 0.188. The van der Waals surface area contributed by atoms with Crippen molar-refractivity contribution in [2.75, 3.05) is 17.7 Å². The van der Waals surface area contributed by atoms with Gasteiger partial charge in [0.15, 0.2) is 6.61 Å². The highest BCUT2D eigenvalue weighted by Crippen LogP contribution is 2.20. The van der Waals surface area contributed by atoms with Crippen LogP contribution in [0, 0.1) is 5.82 Å². The van der Waals surface area contributed by atoms with Gasteiger partial charge >= 0.3 is 0 Å². The fourth-order valence-electron chi connectivity index (χ4n) is 1.90. The van der Waals surface area contributed by atoms with E-state index in [1.54, 1.807) is 0 Å². The predicted molar refractivity (Wildman–Crippen MR) is 80.8 cm³/mol. The summed E-state index contributed by atoms with van der Waals surface area (Å²) in [5.74, 6) is -0.183. The lowest BCUT2D eigenvalue weighted by Crippen LogP contribution is -2.21. The Balaban J connectivity index is 1.97. The van der Waals surface area contributed by atoms with Crippen LogP contribution in [0.25, 0.3) is 0 Å². The van der Waals surface area contributed by atoms with Gasteiger partial charge in [-0.05, 0) is 36.2 Å². The maximum absolute atomic E-state index is 13.1. The number of amides is 1. The molecule has 0 heterocycles. The van der Waals surface area contributed by atoms with Gasteiger partial charge in [-0.25, -0.2) is 4.39 Å². The van der Waals surface area contributed by atoms with Crippen LogP contribution in [0.2, 0.25) is 0 Å². The van der Waals surface area contributed by atoms with E-state index in [9.17, 15) is 9.18 Å². The molecule has 0 saturated carbocycles. The molecule has 4 nitrogen and oxygen atoms in total. The number of aryl methyl sites for hydroxylation is 1. The first-order chi connectivity index (χ1) is 10.1. The van der Waals surface area contributed by atoms with E-state index in [0.29, 0.717) is 11.4 Å². The molecule has 0 aliphatic heterocycles. The Morgan fingerprint density at radius 3 is 2.81 bits per heavy atom. The van der Waals surface area contributed by atoms with Crippen LogP contribution in [0.5, 0.6) is 5.75 Å². The number of rotatable bonds is 5. The SMILES string of the molecule is CCc1ccccc1OCC(=O)Nc1cc(F)ccc1N. The minimum Gasteiger partial charge on any atom is -0.483 e. The molecule has 21 heavy (non-hydrogen) atoms. The Morgan fingerprint density at radius 1 is 1.29 bits per heavy atom. The van der Waals surface area contributed by atoms with Gasteiger partial charge in [0.1, 0.15) is 11.6 Å². The third-order valence-corrected chi connectivity index (χ3v) is 3.00. The van der Waals surface area contributed by atoms with Gasteiger partial charge < -0.3 is 15.8 Å². The first kappa shape index (κ1) is 14.8. The molecule has 2 rings (SSSR count). The zero-order chi connectivity index (χ0) is 15.2. The molecule has 0 spiro atoms. The molecule has 0 bridgehead atoms. The van der Waals surface area contributed by atoms with E-state index in [2.05, 4.69) is 5.32 Å². The Bertz CT molecular complexity index is 644. The van der Waals surface area contributed by atoms with Crippen molar-refractivity contribution >= 4 is 17.3 Å². The van der Waals surface area contributed by atoms with Crippen LogP contribution < -0.4 is 15.8 Å². The number of carbonyl (C=O) groups is 1. The Hall–Kier alpha value is -2.56. The van der Waals surface area contributed by atoms with Crippen molar-refractivity contribution in [2.45, 2.75) is 13.3 Å². The summed E-state index contributed by atoms with van der Waals surface area (Å²) in [6.45, 7) is 1.85. The highest BCUT2D eigenvalue weighted by atomic mass is 19.1. The lowest BCUT2D eigenvalue weighted by Gasteiger charge is -2.11. The summed E-state index contributed by atoms with van der Waals surface area (Å²) in [5, 5.41) is 2.53. The topological polar surface area (TPSA) is 64.3 Å². The molecule has 0 unspecified atom stereocenters. The van der Waals surface area contributed by atoms with Crippen LogP contribution in [0.4, 0.5) is 15.8 Å². The molecule has 0 aromatic heterocycles. The van der Waals surface area contributed by atoms with Gasteiger partial charge in [0.25, 0.3) is 5.91 Å². The molecule has 0 radical (unpaired) electrons. The highest BCUT2D eigenvalue weighted by Gasteiger charge is 2.08. The molecule has 1 amide bonds. The summed E-state index contributed by atoms with van der Waals surface area (Å²) in [6.07, 6.45) is 0.814.